The van der Waals surface area contributed by atoms with Gasteiger partial charge < -0.3 is 9.64 Å². The van der Waals surface area contributed by atoms with Crippen LogP contribution in [-0.2, 0) is 9.53 Å². The van der Waals surface area contributed by atoms with Gasteiger partial charge in [-0.25, -0.2) is 0 Å². The van der Waals surface area contributed by atoms with Crippen LogP contribution >= 0.6 is 0 Å². The van der Waals surface area contributed by atoms with Crippen LogP contribution in [-0.4, -0.2) is 38.6 Å². The van der Waals surface area contributed by atoms with Crippen LogP contribution in [0.4, 0.5) is 0 Å². The summed E-state index contributed by atoms with van der Waals surface area (Å²) < 4.78 is 4.89. The van der Waals surface area contributed by atoms with Gasteiger partial charge in [0.1, 0.15) is 0 Å². The van der Waals surface area contributed by atoms with Crippen molar-refractivity contribution < 1.29 is 9.53 Å². The molecule has 1 aliphatic carbocycles. The third-order valence-corrected chi connectivity index (χ3v) is 1.69. The van der Waals surface area contributed by atoms with Gasteiger partial charge in [0.05, 0.1) is 12.5 Å². The summed E-state index contributed by atoms with van der Waals surface area (Å²) in [6.45, 7) is 0.588. The van der Waals surface area contributed by atoms with Crippen molar-refractivity contribution in [2.75, 3.05) is 27.8 Å². The molecule has 11 heavy (non-hydrogen) atoms. The highest BCUT2D eigenvalue weighted by Crippen LogP contribution is 2.29. The predicted octanol–water partition coefficient (Wildman–Crippen LogP) is 0.277. The van der Waals surface area contributed by atoms with E-state index in [1.807, 2.05) is 6.08 Å². The number of ether oxygens (including phenoxy) is 1. The zero-order chi connectivity index (χ0) is 8.43. The first-order valence-corrected chi connectivity index (χ1v) is 3.57. The first-order chi connectivity index (χ1) is 5.16. The first-order valence-electron chi connectivity index (χ1n) is 3.57. The summed E-state index contributed by atoms with van der Waals surface area (Å²) in [5, 5.41) is 0. The van der Waals surface area contributed by atoms with Crippen LogP contribution in [0.25, 0.3) is 0 Å². The molecule has 0 bridgehead atoms. The molecule has 0 N–H and O–H groups in total. The molecule has 0 saturated heterocycles. The van der Waals surface area contributed by atoms with Crippen molar-refractivity contribution in [3.05, 3.63) is 11.6 Å². The quantitative estimate of drug-likeness (QED) is 0.548. The molecule has 1 atom stereocenters. The number of hydrogen-bond donors (Lipinski definition) is 0. The van der Waals surface area contributed by atoms with Crippen molar-refractivity contribution in [3.8, 4) is 0 Å². The summed E-state index contributed by atoms with van der Waals surface area (Å²) >= 11 is 0. The van der Waals surface area contributed by atoms with E-state index in [2.05, 4.69) is 0 Å². The maximum absolute atomic E-state index is 11.2. The molecule has 0 unspecified atom stereocenters. The van der Waals surface area contributed by atoms with Gasteiger partial charge in [0, 0.05) is 21.2 Å². The summed E-state index contributed by atoms with van der Waals surface area (Å²) in [6, 6.07) is 0. The normalized spacial score (nSPS) is 21.0. The molecule has 3 heteroatoms. The molecule has 3 nitrogen and oxygen atoms in total. The lowest BCUT2D eigenvalue weighted by molar-refractivity contribution is -0.129. The average Bonchev–Trinajstić information content (AvgIpc) is 2.67. The summed E-state index contributed by atoms with van der Waals surface area (Å²) in [5.74, 6) is 0.182. The van der Waals surface area contributed by atoms with Crippen molar-refractivity contribution in [2.45, 2.75) is 0 Å². The van der Waals surface area contributed by atoms with Gasteiger partial charge in [-0.1, -0.05) is 6.08 Å². The standard InChI is InChI=1S/C8H13NO2/c1-9(2)8(10)7-4-6(7)5-11-3/h4,7H,5H2,1-3H3/t7-/m1/s1. The largest absolute Gasteiger partial charge is 0.380 e. The fourth-order valence-corrected chi connectivity index (χ4v) is 0.979. The van der Waals surface area contributed by atoms with Gasteiger partial charge in [0.25, 0.3) is 0 Å². The highest BCUT2D eigenvalue weighted by molar-refractivity contribution is 5.87. The lowest BCUT2D eigenvalue weighted by atomic mass is 10.2. The van der Waals surface area contributed by atoms with E-state index in [1.54, 1.807) is 26.1 Å². The molecule has 0 saturated carbocycles. The molecule has 0 heterocycles. The van der Waals surface area contributed by atoms with E-state index in [4.69, 9.17) is 4.74 Å². The Labute approximate surface area is 66.6 Å². The molecular formula is C8H13NO2. The van der Waals surface area contributed by atoms with Crippen molar-refractivity contribution in [3.63, 3.8) is 0 Å². The number of hydrogen-bond acceptors (Lipinski definition) is 2. The van der Waals surface area contributed by atoms with Crippen LogP contribution in [0.15, 0.2) is 11.6 Å². The second-order valence-corrected chi connectivity index (χ2v) is 2.88. The van der Waals surface area contributed by atoms with E-state index in [-0.39, 0.29) is 11.8 Å². The number of carbonyl (C=O) groups excluding carboxylic acids is 1. The van der Waals surface area contributed by atoms with Crippen LogP contribution in [0, 0.1) is 5.92 Å². The van der Waals surface area contributed by atoms with Crippen LogP contribution in [0.3, 0.4) is 0 Å². The molecule has 1 amide bonds. The number of rotatable bonds is 3. The maximum atomic E-state index is 11.2. The minimum absolute atomic E-state index is 0.0324. The zero-order valence-electron chi connectivity index (χ0n) is 7.13. The minimum atomic E-state index is 0.0324. The molecule has 0 spiro atoms. The Morgan fingerprint density at radius 1 is 1.73 bits per heavy atom. The molecule has 62 valence electrons. The molecule has 0 aliphatic heterocycles. The fourth-order valence-electron chi connectivity index (χ4n) is 0.979. The van der Waals surface area contributed by atoms with E-state index >= 15 is 0 Å². The molecular weight excluding hydrogens is 142 g/mol. The minimum Gasteiger partial charge on any atom is -0.380 e. The van der Waals surface area contributed by atoms with E-state index in [0.29, 0.717) is 6.61 Å². The summed E-state index contributed by atoms with van der Waals surface area (Å²) in [6.07, 6.45) is 1.94. The maximum Gasteiger partial charge on any atom is 0.233 e. The molecule has 0 aromatic rings. The molecule has 1 aliphatic rings. The molecule has 0 radical (unpaired) electrons. The topological polar surface area (TPSA) is 29.5 Å². The molecule has 1 rings (SSSR count). The van der Waals surface area contributed by atoms with E-state index in [0.717, 1.165) is 5.57 Å². The van der Waals surface area contributed by atoms with Crippen molar-refractivity contribution in [1.29, 1.82) is 0 Å². The smallest absolute Gasteiger partial charge is 0.233 e. The Balaban J connectivity index is 2.29. The Morgan fingerprint density at radius 3 is 2.82 bits per heavy atom. The Bertz CT molecular complexity index is 196. The van der Waals surface area contributed by atoms with Crippen molar-refractivity contribution >= 4 is 5.91 Å². The SMILES string of the molecule is COCC1=C[C@H]1C(=O)N(C)C. The number of nitrogens with zero attached hydrogens (tertiary/aromatic N) is 1. The first kappa shape index (κ1) is 8.27. The van der Waals surface area contributed by atoms with Gasteiger partial charge in [0.15, 0.2) is 0 Å². The molecule has 0 aromatic carbocycles. The summed E-state index contributed by atoms with van der Waals surface area (Å²) in [4.78, 5) is 12.8. The Kier molecular flexibility index (Phi) is 2.29. The fraction of sp³-hybridized carbons (Fsp3) is 0.625. The second kappa shape index (κ2) is 3.05. The van der Waals surface area contributed by atoms with Crippen LogP contribution in [0.2, 0.25) is 0 Å². The Morgan fingerprint density at radius 2 is 2.36 bits per heavy atom. The van der Waals surface area contributed by atoms with Gasteiger partial charge in [-0.2, -0.15) is 0 Å². The van der Waals surface area contributed by atoms with Crippen LogP contribution < -0.4 is 0 Å². The monoisotopic (exact) mass is 155 g/mol. The van der Waals surface area contributed by atoms with E-state index in [9.17, 15) is 4.79 Å². The molecule has 0 aromatic heterocycles. The summed E-state index contributed by atoms with van der Waals surface area (Å²) in [7, 11) is 5.16. The summed E-state index contributed by atoms with van der Waals surface area (Å²) in [5.41, 5.74) is 1.10. The predicted molar refractivity (Wildman–Crippen MR) is 42.1 cm³/mol. The van der Waals surface area contributed by atoms with Gasteiger partial charge in [-0.3, -0.25) is 4.79 Å². The van der Waals surface area contributed by atoms with Gasteiger partial charge in [-0.15, -0.1) is 0 Å². The van der Waals surface area contributed by atoms with E-state index in [1.165, 1.54) is 0 Å². The Hall–Kier alpha value is -0.830. The highest BCUT2D eigenvalue weighted by Gasteiger charge is 2.32. The number of methoxy groups -OCH3 is 1. The number of amides is 1. The molecule has 0 fully saturated rings. The zero-order valence-corrected chi connectivity index (χ0v) is 7.13. The highest BCUT2D eigenvalue weighted by atomic mass is 16.5. The van der Waals surface area contributed by atoms with Crippen molar-refractivity contribution in [2.24, 2.45) is 5.92 Å². The van der Waals surface area contributed by atoms with Crippen LogP contribution in [0.5, 0.6) is 0 Å². The number of carbonyl (C=O) groups is 1. The van der Waals surface area contributed by atoms with Gasteiger partial charge in [-0.05, 0) is 5.57 Å². The third-order valence-electron chi connectivity index (χ3n) is 1.69. The van der Waals surface area contributed by atoms with Gasteiger partial charge in [0.2, 0.25) is 5.91 Å². The average molecular weight is 155 g/mol. The third kappa shape index (κ3) is 1.80. The van der Waals surface area contributed by atoms with Crippen LogP contribution in [0.1, 0.15) is 0 Å². The van der Waals surface area contributed by atoms with Crippen molar-refractivity contribution in [1.82, 2.24) is 4.90 Å². The lowest BCUT2D eigenvalue weighted by Crippen LogP contribution is -2.24. The van der Waals surface area contributed by atoms with Gasteiger partial charge >= 0.3 is 0 Å². The lowest BCUT2D eigenvalue weighted by Gasteiger charge is -2.09. The van der Waals surface area contributed by atoms with E-state index < -0.39 is 0 Å². The second-order valence-electron chi connectivity index (χ2n) is 2.88.